The van der Waals surface area contributed by atoms with Gasteiger partial charge in [-0.25, -0.2) is 0 Å². The third kappa shape index (κ3) is 5.41. The number of carbonyl (C=O) groups excluding carboxylic acids is 1. The third-order valence-electron chi connectivity index (χ3n) is 2.99. The van der Waals surface area contributed by atoms with E-state index in [4.69, 9.17) is 4.74 Å². The van der Waals surface area contributed by atoms with Crippen molar-refractivity contribution in [3.8, 4) is 0 Å². The first-order valence-corrected chi connectivity index (χ1v) is 6.75. The van der Waals surface area contributed by atoms with E-state index in [0.717, 1.165) is 11.1 Å². The summed E-state index contributed by atoms with van der Waals surface area (Å²) in [5.41, 5.74) is 2.24. The lowest BCUT2D eigenvalue weighted by Crippen LogP contribution is -2.34. The van der Waals surface area contributed by atoms with Gasteiger partial charge in [0, 0.05) is 25.6 Å². The minimum absolute atomic E-state index is 0.0240. The SMILES string of the molecule is CCOCc1ccccc1CNC(=O)C(C)CNC. The molecule has 0 saturated heterocycles. The van der Waals surface area contributed by atoms with E-state index in [1.54, 1.807) is 0 Å². The molecule has 1 aromatic rings. The molecule has 1 rings (SSSR count). The standard InChI is InChI=1S/C15H24N2O2/c1-4-19-11-14-8-6-5-7-13(14)10-17-15(18)12(2)9-16-3/h5-8,12,16H,4,9-11H2,1-3H3,(H,17,18). The Morgan fingerprint density at radius 3 is 2.63 bits per heavy atom. The zero-order valence-corrected chi connectivity index (χ0v) is 12.0. The molecule has 0 heterocycles. The monoisotopic (exact) mass is 264 g/mol. The van der Waals surface area contributed by atoms with Gasteiger partial charge < -0.3 is 15.4 Å². The zero-order chi connectivity index (χ0) is 14.1. The molecular formula is C15H24N2O2. The number of carbonyl (C=O) groups is 1. The maximum atomic E-state index is 11.8. The van der Waals surface area contributed by atoms with Gasteiger partial charge in [0.1, 0.15) is 0 Å². The predicted octanol–water partition coefficient (Wildman–Crippen LogP) is 1.69. The van der Waals surface area contributed by atoms with Crippen LogP contribution in [0.1, 0.15) is 25.0 Å². The maximum absolute atomic E-state index is 11.8. The largest absolute Gasteiger partial charge is 0.377 e. The van der Waals surface area contributed by atoms with Crippen molar-refractivity contribution >= 4 is 5.91 Å². The normalized spacial score (nSPS) is 12.2. The highest BCUT2D eigenvalue weighted by atomic mass is 16.5. The number of rotatable bonds is 8. The van der Waals surface area contributed by atoms with Crippen LogP contribution in [-0.4, -0.2) is 26.1 Å². The van der Waals surface area contributed by atoms with E-state index >= 15 is 0 Å². The molecule has 0 radical (unpaired) electrons. The van der Waals surface area contributed by atoms with Crippen molar-refractivity contribution in [3.63, 3.8) is 0 Å². The number of hydrogen-bond acceptors (Lipinski definition) is 3. The van der Waals surface area contributed by atoms with Gasteiger partial charge in [-0.05, 0) is 25.1 Å². The molecule has 0 bridgehead atoms. The van der Waals surface area contributed by atoms with Gasteiger partial charge in [-0.1, -0.05) is 31.2 Å². The number of ether oxygens (including phenoxy) is 1. The molecular weight excluding hydrogens is 240 g/mol. The van der Waals surface area contributed by atoms with Crippen LogP contribution in [0.25, 0.3) is 0 Å². The number of benzene rings is 1. The van der Waals surface area contributed by atoms with Crippen LogP contribution in [0, 0.1) is 5.92 Å². The first kappa shape index (κ1) is 15.7. The molecule has 0 saturated carbocycles. The molecule has 0 aromatic heterocycles. The Kier molecular flexibility index (Phi) is 7.15. The summed E-state index contributed by atoms with van der Waals surface area (Å²) in [5.74, 6) is 0.0459. The summed E-state index contributed by atoms with van der Waals surface area (Å²) < 4.78 is 5.43. The molecule has 4 heteroatoms. The van der Waals surface area contributed by atoms with Crippen LogP contribution in [-0.2, 0) is 22.7 Å². The van der Waals surface area contributed by atoms with E-state index in [9.17, 15) is 4.79 Å². The first-order valence-electron chi connectivity index (χ1n) is 6.75. The summed E-state index contributed by atoms with van der Waals surface area (Å²) in [6.45, 7) is 6.42. The third-order valence-corrected chi connectivity index (χ3v) is 2.99. The first-order chi connectivity index (χ1) is 9.19. The summed E-state index contributed by atoms with van der Waals surface area (Å²) in [6.07, 6.45) is 0. The molecule has 1 atom stereocenters. The Morgan fingerprint density at radius 1 is 1.32 bits per heavy atom. The van der Waals surface area contributed by atoms with Gasteiger partial charge in [-0.3, -0.25) is 4.79 Å². The molecule has 1 aromatic carbocycles. The second-order valence-corrected chi connectivity index (χ2v) is 4.58. The molecule has 19 heavy (non-hydrogen) atoms. The molecule has 0 spiro atoms. The summed E-state index contributed by atoms with van der Waals surface area (Å²) >= 11 is 0. The molecule has 1 unspecified atom stereocenters. The van der Waals surface area contributed by atoms with E-state index in [2.05, 4.69) is 10.6 Å². The highest BCUT2D eigenvalue weighted by molar-refractivity contribution is 5.78. The molecule has 2 N–H and O–H groups in total. The van der Waals surface area contributed by atoms with Gasteiger partial charge in [0.2, 0.25) is 5.91 Å². The molecule has 106 valence electrons. The quantitative estimate of drug-likeness (QED) is 0.751. The van der Waals surface area contributed by atoms with E-state index < -0.39 is 0 Å². The molecule has 1 amide bonds. The Bertz CT molecular complexity index is 393. The average Bonchev–Trinajstić information content (AvgIpc) is 2.43. The Labute approximate surface area is 115 Å². The van der Waals surface area contributed by atoms with Gasteiger partial charge in [0.05, 0.1) is 6.61 Å². The van der Waals surface area contributed by atoms with Crippen molar-refractivity contribution in [3.05, 3.63) is 35.4 Å². The number of amides is 1. The molecule has 0 aliphatic carbocycles. The fraction of sp³-hybridized carbons (Fsp3) is 0.533. The van der Waals surface area contributed by atoms with Crippen LogP contribution >= 0.6 is 0 Å². The second kappa shape index (κ2) is 8.67. The van der Waals surface area contributed by atoms with Crippen LogP contribution < -0.4 is 10.6 Å². The van der Waals surface area contributed by atoms with Gasteiger partial charge in [-0.2, -0.15) is 0 Å². The average molecular weight is 264 g/mol. The highest BCUT2D eigenvalue weighted by Gasteiger charge is 2.11. The number of nitrogens with one attached hydrogen (secondary N) is 2. The Hall–Kier alpha value is -1.39. The molecule has 4 nitrogen and oxygen atoms in total. The fourth-order valence-electron chi connectivity index (χ4n) is 1.84. The van der Waals surface area contributed by atoms with E-state index in [-0.39, 0.29) is 11.8 Å². The van der Waals surface area contributed by atoms with E-state index in [1.165, 1.54) is 0 Å². The predicted molar refractivity (Wildman–Crippen MR) is 76.7 cm³/mol. The van der Waals surface area contributed by atoms with Crippen molar-refractivity contribution in [2.45, 2.75) is 27.0 Å². The van der Waals surface area contributed by atoms with Crippen LogP contribution in [0.15, 0.2) is 24.3 Å². The van der Waals surface area contributed by atoms with Crippen molar-refractivity contribution < 1.29 is 9.53 Å². The van der Waals surface area contributed by atoms with Crippen LogP contribution in [0.2, 0.25) is 0 Å². The Balaban J connectivity index is 2.54. The van der Waals surface area contributed by atoms with Crippen molar-refractivity contribution in [1.29, 1.82) is 0 Å². The van der Waals surface area contributed by atoms with Crippen molar-refractivity contribution in [2.75, 3.05) is 20.2 Å². The lowest BCUT2D eigenvalue weighted by molar-refractivity contribution is -0.124. The number of hydrogen-bond donors (Lipinski definition) is 2. The van der Waals surface area contributed by atoms with Gasteiger partial charge >= 0.3 is 0 Å². The van der Waals surface area contributed by atoms with E-state index in [1.807, 2.05) is 45.2 Å². The Morgan fingerprint density at radius 2 is 2.00 bits per heavy atom. The summed E-state index contributed by atoms with van der Waals surface area (Å²) in [5, 5.41) is 5.97. The van der Waals surface area contributed by atoms with Crippen LogP contribution in [0.4, 0.5) is 0 Å². The van der Waals surface area contributed by atoms with Crippen molar-refractivity contribution in [1.82, 2.24) is 10.6 Å². The molecule has 0 aliphatic rings. The fourth-order valence-corrected chi connectivity index (χ4v) is 1.84. The molecule has 0 fully saturated rings. The zero-order valence-electron chi connectivity index (χ0n) is 12.0. The van der Waals surface area contributed by atoms with Gasteiger partial charge in [0.25, 0.3) is 0 Å². The summed E-state index contributed by atoms with van der Waals surface area (Å²) in [4.78, 5) is 11.8. The minimum Gasteiger partial charge on any atom is -0.377 e. The maximum Gasteiger partial charge on any atom is 0.224 e. The second-order valence-electron chi connectivity index (χ2n) is 4.58. The van der Waals surface area contributed by atoms with Crippen LogP contribution in [0.5, 0.6) is 0 Å². The smallest absolute Gasteiger partial charge is 0.224 e. The molecule has 0 aliphatic heterocycles. The van der Waals surface area contributed by atoms with E-state index in [0.29, 0.717) is 26.3 Å². The van der Waals surface area contributed by atoms with Crippen LogP contribution in [0.3, 0.4) is 0 Å². The van der Waals surface area contributed by atoms with Gasteiger partial charge in [-0.15, -0.1) is 0 Å². The van der Waals surface area contributed by atoms with Gasteiger partial charge in [0.15, 0.2) is 0 Å². The lowest BCUT2D eigenvalue weighted by Gasteiger charge is -2.14. The highest BCUT2D eigenvalue weighted by Crippen LogP contribution is 2.10. The lowest BCUT2D eigenvalue weighted by atomic mass is 10.1. The summed E-state index contributed by atoms with van der Waals surface area (Å²) in [6, 6.07) is 8.03. The summed E-state index contributed by atoms with van der Waals surface area (Å²) in [7, 11) is 1.85. The topological polar surface area (TPSA) is 50.4 Å². The minimum atomic E-state index is -0.0240. The van der Waals surface area contributed by atoms with Crippen molar-refractivity contribution in [2.24, 2.45) is 5.92 Å².